The minimum absolute atomic E-state index is 0.0501. The number of carbonyl (C=O) groups excluding carboxylic acids is 3. The van der Waals surface area contributed by atoms with Crippen molar-refractivity contribution in [3.63, 3.8) is 0 Å². The van der Waals surface area contributed by atoms with Crippen molar-refractivity contribution >= 4 is 17.5 Å². The van der Waals surface area contributed by atoms with E-state index in [1.165, 1.54) is 0 Å². The first-order valence-electron chi connectivity index (χ1n) is 9.06. The van der Waals surface area contributed by atoms with Crippen LogP contribution in [0.5, 0.6) is 0 Å². The van der Waals surface area contributed by atoms with E-state index in [1.54, 1.807) is 24.3 Å². The molecule has 3 rings (SSSR count). The quantitative estimate of drug-likeness (QED) is 0.838. The van der Waals surface area contributed by atoms with Gasteiger partial charge in [-0.25, -0.2) is 0 Å². The second-order valence-electron chi connectivity index (χ2n) is 6.86. The molecule has 26 heavy (non-hydrogen) atoms. The molecule has 2 aromatic rings. The van der Waals surface area contributed by atoms with E-state index in [9.17, 15) is 14.4 Å². The average molecular weight is 349 g/mol. The Morgan fingerprint density at radius 3 is 2.31 bits per heavy atom. The maximum Gasteiger partial charge on any atom is 0.227 e. The van der Waals surface area contributed by atoms with Crippen LogP contribution in [-0.4, -0.2) is 23.5 Å². The zero-order valence-electron chi connectivity index (χ0n) is 14.9. The molecular formula is C22H23NO3. The molecule has 0 aliphatic heterocycles. The van der Waals surface area contributed by atoms with E-state index in [4.69, 9.17) is 0 Å². The molecule has 1 aliphatic rings. The highest BCUT2D eigenvalue weighted by molar-refractivity contribution is 6.09. The van der Waals surface area contributed by atoms with E-state index in [1.807, 2.05) is 37.3 Å². The van der Waals surface area contributed by atoms with Gasteiger partial charge in [-0.1, -0.05) is 48.5 Å². The third-order valence-electron chi connectivity index (χ3n) is 4.97. The highest BCUT2D eigenvalue weighted by Gasteiger charge is 2.23. The minimum Gasteiger partial charge on any atom is -0.353 e. The molecule has 0 heterocycles. The van der Waals surface area contributed by atoms with Gasteiger partial charge in [0, 0.05) is 30.0 Å². The van der Waals surface area contributed by atoms with E-state index in [-0.39, 0.29) is 29.4 Å². The lowest BCUT2D eigenvalue weighted by Gasteiger charge is -2.24. The highest BCUT2D eigenvalue weighted by Crippen LogP contribution is 2.21. The lowest BCUT2D eigenvalue weighted by Crippen LogP contribution is -2.39. The molecule has 1 saturated carbocycles. The van der Waals surface area contributed by atoms with Crippen molar-refractivity contribution in [2.45, 2.75) is 44.6 Å². The maximum absolute atomic E-state index is 12.6. The molecule has 0 spiro atoms. The lowest BCUT2D eigenvalue weighted by atomic mass is 9.92. The summed E-state index contributed by atoms with van der Waals surface area (Å²) >= 11 is 0. The van der Waals surface area contributed by atoms with Gasteiger partial charge >= 0.3 is 0 Å². The summed E-state index contributed by atoms with van der Waals surface area (Å²) in [5, 5.41) is 3.04. The van der Waals surface area contributed by atoms with Gasteiger partial charge in [-0.05, 0) is 31.4 Å². The second kappa shape index (κ2) is 8.09. The summed E-state index contributed by atoms with van der Waals surface area (Å²) in [5.41, 5.74) is 2.03. The largest absolute Gasteiger partial charge is 0.353 e. The van der Waals surface area contributed by atoms with E-state index in [0.717, 1.165) is 5.56 Å². The van der Waals surface area contributed by atoms with Crippen LogP contribution in [0, 0.1) is 0 Å². The van der Waals surface area contributed by atoms with Crippen molar-refractivity contribution in [2.75, 3.05) is 0 Å². The number of carbonyl (C=O) groups is 3. The van der Waals surface area contributed by atoms with Crippen molar-refractivity contribution in [3.05, 3.63) is 71.3 Å². The number of benzene rings is 2. The number of hydrogen-bond donors (Lipinski definition) is 1. The van der Waals surface area contributed by atoms with Crippen LogP contribution in [0.2, 0.25) is 0 Å². The predicted octanol–water partition coefficient (Wildman–Crippen LogP) is 3.65. The molecule has 4 nitrogen and oxygen atoms in total. The summed E-state index contributed by atoms with van der Waals surface area (Å²) in [6.07, 6.45) is 2.51. The highest BCUT2D eigenvalue weighted by atomic mass is 16.2. The van der Waals surface area contributed by atoms with Gasteiger partial charge in [0.05, 0.1) is 5.92 Å². The molecule has 1 aliphatic carbocycles. The molecule has 4 heteroatoms. The van der Waals surface area contributed by atoms with Crippen LogP contribution in [0.25, 0.3) is 0 Å². The van der Waals surface area contributed by atoms with Crippen molar-refractivity contribution in [1.82, 2.24) is 5.32 Å². The van der Waals surface area contributed by atoms with Gasteiger partial charge in [0.25, 0.3) is 0 Å². The Bertz CT molecular complexity index is 803. The minimum atomic E-state index is -0.351. The van der Waals surface area contributed by atoms with Crippen LogP contribution in [0.4, 0.5) is 0 Å². The number of rotatable bonds is 5. The summed E-state index contributed by atoms with van der Waals surface area (Å²) in [6.45, 7) is 1.84. The fourth-order valence-corrected chi connectivity index (χ4v) is 3.27. The zero-order valence-corrected chi connectivity index (χ0v) is 14.9. The molecule has 0 bridgehead atoms. The first kappa shape index (κ1) is 18.1. The molecule has 0 aromatic heterocycles. The van der Waals surface area contributed by atoms with Gasteiger partial charge < -0.3 is 5.32 Å². The first-order valence-corrected chi connectivity index (χ1v) is 9.06. The molecule has 1 fully saturated rings. The summed E-state index contributed by atoms with van der Waals surface area (Å²) in [6, 6.07) is 16.4. The van der Waals surface area contributed by atoms with Gasteiger partial charge in [-0.2, -0.15) is 0 Å². The summed E-state index contributed by atoms with van der Waals surface area (Å²) in [4.78, 5) is 36.5. The van der Waals surface area contributed by atoms with Crippen LogP contribution < -0.4 is 5.32 Å². The molecule has 2 aromatic carbocycles. The van der Waals surface area contributed by atoms with Crippen LogP contribution >= 0.6 is 0 Å². The molecule has 0 saturated heterocycles. The smallest absolute Gasteiger partial charge is 0.227 e. The topological polar surface area (TPSA) is 63.2 Å². The fraction of sp³-hybridized carbons (Fsp3) is 0.318. The molecule has 1 unspecified atom stereocenters. The Morgan fingerprint density at radius 1 is 0.962 bits per heavy atom. The fourth-order valence-electron chi connectivity index (χ4n) is 3.27. The van der Waals surface area contributed by atoms with Gasteiger partial charge in [0.2, 0.25) is 5.91 Å². The van der Waals surface area contributed by atoms with Crippen LogP contribution in [-0.2, 0) is 9.59 Å². The van der Waals surface area contributed by atoms with E-state index < -0.39 is 0 Å². The van der Waals surface area contributed by atoms with E-state index in [0.29, 0.717) is 36.8 Å². The lowest BCUT2D eigenvalue weighted by molar-refractivity contribution is -0.125. The summed E-state index contributed by atoms with van der Waals surface area (Å²) < 4.78 is 0. The molecule has 1 atom stereocenters. The predicted molar refractivity (Wildman–Crippen MR) is 100 cm³/mol. The number of nitrogens with one attached hydrogen (secondary N) is 1. The van der Waals surface area contributed by atoms with Crippen molar-refractivity contribution in [1.29, 1.82) is 0 Å². The third kappa shape index (κ3) is 4.26. The van der Waals surface area contributed by atoms with Gasteiger partial charge in [-0.3, -0.25) is 14.4 Å². The zero-order chi connectivity index (χ0) is 18.5. The number of Topliss-reactive ketones (excluding diaryl/α,β-unsaturated/α-hetero) is 1. The Labute approximate surface area is 153 Å². The van der Waals surface area contributed by atoms with Gasteiger partial charge in [0.15, 0.2) is 5.78 Å². The Morgan fingerprint density at radius 2 is 1.62 bits per heavy atom. The number of amides is 1. The van der Waals surface area contributed by atoms with Crippen molar-refractivity contribution in [3.8, 4) is 0 Å². The van der Waals surface area contributed by atoms with Crippen LogP contribution in [0.3, 0.4) is 0 Å². The third-order valence-corrected chi connectivity index (χ3v) is 4.97. The molecule has 1 N–H and O–H groups in total. The SMILES string of the molecule is CC(C(=O)NC1CCC(=O)CC1)c1cccc(C(=O)c2ccccc2)c1. The number of ketones is 2. The van der Waals surface area contributed by atoms with E-state index >= 15 is 0 Å². The molecule has 134 valence electrons. The van der Waals surface area contributed by atoms with Crippen molar-refractivity contribution in [2.24, 2.45) is 0 Å². The monoisotopic (exact) mass is 349 g/mol. The molecule has 1 amide bonds. The molecular weight excluding hydrogens is 326 g/mol. The normalized spacial score (nSPS) is 16.1. The standard InChI is InChI=1S/C22H23NO3/c1-15(22(26)23-19-10-12-20(24)13-11-19)17-8-5-9-18(14-17)21(25)16-6-3-2-4-7-16/h2-9,14-15,19H,10-13H2,1H3,(H,23,26). The van der Waals surface area contributed by atoms with E-state index in [2.05, 4.69) is 5.32 Å². The van der Waals surface area contributed by atoms with Crippen molar-refractivity contribution < 1.29 is 14.4 Å². The molecule has 0 radical (unpaired) electrons. The van der Waals surface area contributed by atoms with Gasteiger partial charge in [0.1, 0.15) is 5.78 Å². The first-order chi connectivity index (χ1) is 12.5. The average Bonchev–Trinajstić information content (AvgIpc) is 2.69. The Kier molecular flexibility index (Phi) is 5.61. The summed E-state index contributed by atoms with van der Waals surface area (Å²) in [7, 11) is 0. The van der Waals surface area contributed by atoms with Crippen LogP contribution in [0.15, 0.2) is 54.6 Å². The Balaban J connectivity index is 1.69. The second-order valence-corrected chi connectivity index (χ2v) is 6.86. The maximum atomic E-state index is 12.6. The summed E-state index contributed by atoms with van der Waals surface area (Å²) in [5.74, 6) is -0.189. The Hall–Kier alpha value is -2.75. The number of hydrogen-bond acceptors (Lipinski definition) is 3. The van der Waals surface area contributed by atoms with Gasteiger partial charge in [-0.15, -0.1) is 0 Å². The van der Waals surface area contributed by atoms with Crippen LogP contribution in [0.1, 0.15) is 60.0 Å².